The fourth-order valence-electron chi connectivity index (χ4n) is 1.07. The van der Waals surface area contributed by atoms with E-state index in [1.807, 2.05) is 5.43 Å². The Hall–Kier alpha value is -2.48. The Bertz CT molecular complexity index is 443. The van der Waals surface area contributed by atoms with Gasteiger partial charge < -0.3 is 5.32 Å². The second kappa shape index (κ2) is 5.56. The van der Waals surface area contributed by atoms with Crippen LogP contribution in [0.3, 0.4) is 0 Å². The van der Waals surface area contributed by atoms with E-state index in [2.05, 4.69) is 5.32 Å². The van der Waals surface area contributed by atoms with E-state index in [1.165, 1.54) is 24.3 Å². The standard InChI is InChI=1S/C9H10N4O4/c10-12-9(15)5-8(14)11-6-1-3-7(4-2-6)13(16)17/h1-4H,5,10H2,(H,11,14)(H,12,15). The van der Waals surface area contributed by atoms with Gasteiger partial charge in [0.15, 0.2) is 0 Å². The fraction of sp³-hybridized carbons (Fsp3) is 0.111. The zero-order chi connectivity index (χ0) is 12.8. The molecule has 0 bridgehead atoms. The van der Waals surface area contributed by atoms with E-state index in [9.17, 15) is 19.7 Å². The summed E-state index contributed by atoms with van der Waals surface area (Å²) in [6.07, 6.45) is -0.409. The lowest BCUT2D eigenvalue weighted by atomic mass is 10.2. The van der Waals surface area contributed by atoms with Crippen LogP contribution in [0.5, 0.6) is 0 Å². The maximum absolute atomic E-state index is 11.2. The molecule has 8 heteroatoms. The Morgan fingerprint density at radius 1 is 1.24 bits per heavy atom. The van der Waals surface area contributed by atoms with Crippen molar-refractivity contribution in [2.75, 3.05) is 5.32 Å². The summed E-state index contributed by atoms with van der Waals surface area (Å²) >= 11 is 0. The molecule has 0 saturated carbocycles. The average molecular weight is 238 g/mol. The van der Waals surface area contributed by atoms with E-state index in [0.717, 1.165) is 0 Å². The lowest BCUT2D eigenvalue weighted by Crippen LogP contribution is -2.33. The summed E-state index contributed by atoms with van der Waals surface area (Å²) in [4.78, 5) is 31.8. The molecular formula is C9H10N4O4. The van der Waals surface area contributed by atoms with Gasteiger partial charge in [0.05, 0.1) is 4.92 Å². The number of carbonyl (C=O) groups excluding carboxylic acids is 2. The minimum Gasteiger partial charge on any atom is -0.326 e. The minimum absolute atomic E-state index is 0.0808. The van der Waals surface area contributed by atoms with Crippen LogP contribution in [0.4, 0.5) is 11.4 Å². The van der Waals surface area contributed by atoms with Crippen molar-refractivity contribution in [3.63, 3.8) is 0 Å². The molecule has 0 radical (unpaired) electrons. The van der Waals surface area contributed by atoms with Gasteiger partial charge >= 0.3 is 0 Å². The number of nitro groups is 1. The van der Waals surface area contributed by atoms with E-state index in [1.54, 1.807) is 0 Å². The summed E-state index contributed by atoms with van der Waals surface area (Å²) in [5, 5.41) is 12.8. The number of hydrazine groups is 1. The normalized spacial score (nSPS) is 9.47. The number of nitrogens with zero attached hydrogens (tertiary/aromatic N) is 1. The third-order valence-electron chi connectivity index (χ3n) is 1.84. The van der Waals surface area contributed by atoms with E-state index < -0.39 is 23.2 Å². The van der Waals surface area contributed by atoms with Crippen LogP contribution in [0.25, 0.3) is 0 Å². The summed E-state index contributed by atoms with van der Waals surface area (Å²) in [5.74, 6) is 3.64. The van der Waals surface area contributed by atoms with Crippen molar-refractivity contribution in [1.82, 2.24) is 5.43 Å². The molecule has 0 aromatic heterocycles. The molecule has 90 valence electrons. The lowest BCUT2D eigenvalue weighted by Gasteiger charge is -2.03. The molecule has 0 heterocycles. The monoisotopic (exact) mass is 238 g/mol. The molecule has 17 heavy (non-hydrogen) atoms. The van der Waals surface area contributed by atoms with Crippen molar-refractivity contribution in [2.45, 2.75) is 6.42 Å². The first kappa shape index (κ1) is 12.6. The number of hydrogen-bond acceptors (Lipinski definition) is 5. The van der Waals surface area contributed by atoms with Gasteiger partial charge in [0.1, 0.15) is 6.42 Å². The first-order valence-electron chi connectivity index (χ1n) is 4.56. The molecule has 0 spiro atoms. The van der Waals surface area contributed by atoms with Gasteiger partial charge in [-0.25, -0.2) is 5.84 Å². The van der Waals surface area contributed by atoms with Crippen molar-refractivity contribution in [3.8, 4) is 0 Å². The Kier molecular flexibility index (Phi) is 4.12. The highest BCUT2D eigenvalue weighted by atomic mass is 16.6. The highest BCUT2D eigenvalue weighted by molar-refractivity contribution is 6.03. The number of non-ortho nitro benzene ring substituents is 1. The topological polar surface area (TPSA) is 127 Å². The predicted molar refractivity (Wildman–Crippen MR) is 58.7 cm³/mol. The average Bonchev–Trinajstić information content (AvgIpc) is 2.29. The molecular weight excluding hydrogens is 228 g/mol. The number of nitro benzene ring substituents is 1. The first-order chi connectivity index (χ1) is 8.02. The van der Waals surface area contributed by atoms with Crippen LogP contribution in [0, 0.1) is 10.1 Å². The molecule has 8 nitrogen and oxygen atoms in total. The van der Waals surface area contributed by atoms with Gasteiger partial charge in [-0.3, -0.25) is 25.1 Å². The molecule has 1 aromatic rings. The molecule has 4 N–H and O–H groups in total. The third kappa shape index (κ3) is 3.87. The third-order valence-corrected chi connectivity index (χ3v) is 1.84. The van der Waals surface area contributed by atoms with Crippen LogP contribution in [0.1, 0.15) is 6.42 Å². The number of amides is 2. The summed E-state index contributed by atoms with van der Waals surface area (Å²) in [7, 11) is 0. The molecule has 0 saturated heterocycles. The zero-order valence-corrected chi connectivity index (χ0v) is 8.67. The molecule has 1 aromatic carbocycles. The minimum atomic E-state index is -0.621. The quantitative estimate of drug-likeness (QED) is 0.222. The van der Waals surface area contributed by atoms with Gasteiger partial charge in [-0.1, -0.05) is 0 Å². The number of nitrogens with one attached hydrogen (secondary N) is 2. The predicted octanol–water partition coefficient (Wildman–Crippen LogP) is -0.0867. The van der Waals surface area contributed by atoms with Crippen LogP contribution >= 0.6 is 0 Å². The van der Waals surface area contributed by atoms with Gasteiger partial charge in [0.25, 0.3) is 5.69 Å². The Labute approximate surface area is 95.9 Å². The number of benzene rings is 1. The van der Waals surface area contributed by atoms with Gasteiger partial charge in [0.2, 0.25) is 11.8 Å². The van der Waals surface area contributed by atoms with Crippen molar-refractivity contribution in [1.29, 1.82) is 0 Å². The Morgan fingerprint density at radius 2 is 1.82 bits per heavy atom. The van der Waals surface area contributed by atoms with Crippen LogP contribution in [0.2, 0.25) is 0 Å². The largest absolute Gasteiger partial charge is 0.326 e. The summed E-state index contributed by atoms with van der Waals surface area (Å²) in [6.45, 7) is 0. The van der Waals surface area contributed by atoms with Crippen molar-refractivity contribution >= 4 is 23.2 Å². The molecule has 1 rings (SSSR count). The van der Waals surface area contributed by atoms with Gasteiger partial charge in [-0.15, -0.1) is 0 Å². The second-order valence-electron chi connectivity index (χ2n) is 3.10. The maximum atomic E-state index is 11.2. The van der Waals surface area contributed by atoms with Gasteiger partial charge in [-0.05, 0) is 12.1 Å². The molecule has 2 amide bonds. The zero-order valence-electron chi connectivity index (χ0n) is 8.67. The highest BCUT2D eigenvalue weighted by Crippen LogP contribution is 2.15. The van der Waals surface area contributed by atoms with Crippen molar-refractivity contribution < 1.29 is 14.5 Å². The van der Waals surface area contributed by atoms with Gasteiger partial charge in [-0.2, -0.15) is 0 Å². The molecule has 0 atom stereocenters. The van der Waals surface area contributed by atoms with E-state index >= 15 is 0 Å². The van der Waals surface area contributed by atoms with Crippen LogP contribution < -0.4 is 16.6 Å². The Morgan fingerprint density at radius 3 is 2.29 bits per heavy atom. The van der Waals surface area contributed by atoms with Gasteiger partial charge in [0, 0.05) is 17.8 Å². The number of carbonyl (C=O) groups is 2. The van der Waals surface area contributed by atoms with E-state index in [4.69, 9.17) is 5.84 Å². The Balaban J connectivity index is 2.60. The summed E-state index contributed by atoms with van der Waals surface area (Å²) in [6, 6.07) is 5.24. The molecule has 0 fully saturated rings. The number of anilines is 1. The molecule has 0 unspecified atom stereocenters. The number of rotatable bonds is 4. The lowest BCUT2D eigenvalue weighted by molar-refractivity contribution is -0.384. The van der Waals surface area contributed by atoms with Crippen LogP contribution in [0.15, 0.2) is 24.3 Å². The fourth-order valence-corrected chi connectivity index (χ4v) is 1.07. The molecule has 0 aliphatic rings. The van der Waals surface area contributed by atoms with E-state index in [-0.39, 0.29) is 5.69 Å². The highest BCUT2D eigenvalue weighted by Gasteiger charge is 2.09. The smallest absolute Gasteiger partial charge is 0.269 e. The summed E-state index contributed by atoms with van der Waals surface area (Å²) in [5.41, 5.74) is 2.10. The van der Waals surface area contributed by atoms with E-state index in [0.29, 0.717) is 5.69 Å². The van der Waals surface area contributed by atoms with Crippen molar-refractivity contribution in [3.05, 3.63) is 34.4 Å². The molecule has 0 aliphatic heterocycles. The SMILES string of the molecule is NNC(=O)CC(=O)Nc1ccc([N+](=O)[O-])cc1. The van der Waals surface area contributed by atoms with Crippen LogP contribution in [-0.2, 0) is 9.59 Å². The first-order valence-corrected chi connectivity index (χ1v) is 4.56. The maximum Gasteiger partial charge on any atom is 0.269 e. The van der Waals surface area contributed by atoms with Crippen molar-refractivity contribution in [2.24, 2.45) is 5.84 Å². The number of nitrogens with two attached hydrogens (primary N) is 1. The molecule has 0 aliphatic carbocycles. The van der Waals surface area contributed by atoms with Crippen LogP contribution in [-0.4, -0.2) is 16.7 Å². The second-order valence-corrected chi connectivity index (χ2v) is 3.10. The summed E-state index contributed by atoms with van der Waals surface area (Å²) < 4.78 is 0. The number of hydrogen-bond donors (Lipinski definition) is 3.